The molecule has 1 aliphatic rings. The van der Waals surface area contributed by atoms with E-state index in [0.717, 1.165) is 6.54 Å². The summed E-state index contributed by atoms with van der Waals surface area (Å²) >= 11 is 0. The number of carbonyl (C=O) groups is 1. The highest BCUT2D eigenvalue weighted by atomic mass is 16.1. The smallest absolute Gasteiger partial charge is 0.155 e. The first-order valence-electron chi connectivity index (χ1n) is 4.27. The molecular formula is C9H15NO. The third-order valence-corrected chi connectivity index (χ3v) is 1.96. The molecule has 0 saturated carbocycles. The molecule has 2 heteroatoms. The molecule has 0 amide bonds. The van der Waals surface area contributed by atoms with E-state index in [0.29, 0.717) is 12.5 Å². The lowest BCUT2D eigenvalue weighted by Gasteiger charge is -2.00. The zero-order valence-corrected chi connectivity index (χ0v) is 6.97. The molecule has 0 aliphatic carbocycles. The van der Waals surface area contributed by atoms with Gasteiger partial charge in [-0.3, -0.25) is 4.79 Å². The zero-order chi connectivity index (χ0) is 8.10. The molecule has 0 aromatic carbocycles. The fraction of sp³-hybridized carbons (Fsp3) is 0.667. The molecule has 1 rings (SSSR count). The van der Waals surface area contributed by atoms with Crippen LogP contribution in [0.1, 0.15) is 26.2 Å². The first kappa shape index (κ1) is 8.47. The van der Waals surface area contributed by atoms with Gasteiger partial charge in [0.25, 0.3) is 0 Å². The Labute approximate surface area is 67.7 Å². The van der Waals surface area contributed by atoms with Gasteiger partial charge in [-0.1, -0.05) is 13.0 Å². The number of rotatable bonds is 3. The molecule has 1 unspecified atom stereocenters. The van der Waals surface area contributed by atoms with Gasteiger partial charge in [-0.05, 0) is 25.5 Å². The van der Waals surface area contributed by atoms with E-state index >= 15 is 0 Å². The molecule has 0 aromatic rings. The normalized spacial score (nSPS) is 24.6. The van der Waals surface area contributed by atoms with Crippen LogP contribution in [-0.4, -0.2) is 18.4 Å². The minimum atomic E-state index is 0.221. The third-order valence-electron chi connectivity index (χ3n) is 1.96. The molecule has 1 saturated heterocycles. The largest absolute Gasteiger partial charge is 0.311 e. The molecule has 1 heterocycles. The molecular weight excluding hydrogens is 138 g/mol. The van der Waals surface area contributed by atoms with Gasteiger partial charge >= 0.3 is 0 Å². The van der Waals surface area contributed by atoms with Crippen molar-refractivity contribution in [2.24, 2.45) is 0 Å². The van der Waals surface area contributed by atoms with E-state index in [-0.39, 0.29) is 5.78 Å². The fourth-order valence-electron chi connectivity index (χ4n) is 1.22. The van der Waals surface area contributed by atoms with Crippen molar-refractivity contribution in [2.75, 3.05) is 6.54 Å². The average molecular weight is 153 g/mol. The van der Waals surface area contributed by atoms with Crippen molar-refractivity contribution in [1.29, 1.82) is 0 Å². The molecule has 11 heavy (non-hydrogen) atoms. The van der Waals surface area contributed by atoms with Crippen LogP contribution in [0.25, 0.3) is 0 Å². The molecule has 1 aliphatic heterocycles. The van der Waals surface area contributed by atoms with Gasteiger partial charge in [0.1, 0.15) is 0 Å². The summed E-state index contributed by atoms with van der Waals surface area (Å²) in [6.07, 6.45) is 6.70. The van der Waals surface area contributed by atoms with Crippen molar-refractivity contribution < 1.29 is 4.79 Å². The monoisotopic (exact) mass is 153 g/mol. The molecule has 1 N–H and O–H groups in total. The Balaban J connectivity index is 2.27. The summed E-state index contributed by atoms with van der Waals surface area (Å²) in [5.41, 5.74) is 0. The number of nitrogens with one attached hydrogen (secondary N) is 1. The van der Waals surface area contributed by atoms with Crippen molar-refractivity contribution >= 4 is 5.78 Å². The lowest BCUT2D eigenvalue weighted by Crippen LogP contribution is -2.18. The third kappa shape index (κ3) is 2.85. The van der Waals surface area contributed by atoms with Crippen molar-refractivity contribution in [3.8, 4) is 0 Å². The minimum Gasteiger partial charge on any atom is -0.311 e. The van der Waals surface area contributed by atoms with Crippen LogP contribution in [0.4, 0.5) is 0 Å². The molecule has 1 fully saturated rings. The van der Waals surface area contributed by atoms with Crippen LogP contribution < -0.4 is 5.32 Å². The van der Waals surface area contributed by atoms with E-state index in [2.05, 4.69) is 5.32 Å². The minimum absolute atomic E-state index is 0.221. The maximum Gasteiger partial charge on any atom is 0.155 e. The Hall–Kier alpha value is -0.630. The van der Waals surface area contributed by atoms with Gasteiger partial charge in [0.05, 0.1) is 0 Å². The number of hydrogen-bond acceptors (Lipinski definition) is 2. The Morgan fingerprint density at radius 3 is 3.09 bits per heavy atom. The summed E-state index contributed by atoms with van der Waals surface area (Å²) < 4.78 is 0. The van der Waals surface area contributed by atoms with Gasteiger partial charge in [0.2, 0.25) is 0 Å². The lowest BCUT2D eigenvalue weighted by molar-refractivity contribution is -0.114. The number of allylic oxidation sites excluding steroid dienone is 1. The van der Waals surface area contributed by atoms with Crippen LogP contribution in [0.2, 0.25) is 0 Å². The second-order valence-corrected chi connectivity index (χ2v) is 2.88. The molecule has 62 valence electrons. The number of hydrogen-bond donors (Lipinski definition) is 1. The number of ketones is 1. The highest BCUT2D eigenvalue weighted by Gasteiger charge is 2.09. The summed E-state index contributed by atoms with van der Waals surface area (Å²) in [6, 6.07) is 0.450. The standard InChI is InChI=1S/C9H15NO/c1-2-9(11)6-5-8-4-3-7-10-8/h5-6,8,10H,2-4,7H2,1H3/b6-5+. The van der Waals surface area contributed by atoms with Crippen molar-refractivity contribution in [3.05, 3.63) is 12.2 Å². The summed E-state index contributed by atoms with van der Waals surface area (Å²) in [5.74, 6) is 0.221. The quantitative estimate of drug-likeness (QED) is 0.619. The highest BCUT2D eigenvalue weighted by Crippen LogP contribution is 2.05. The molecule has 0 radical (unpaired) electrons. The van der Waals surface area contributed by atoms with Gasteiger partial charge in [-0.2, -0.15) is 0 Å². The fourth-order valence-corrected chi connectivity index (χ4v) is 1.22. The predicted molar refractivity (Wildman–Crippen MR) is 45.5 cm³/mol. The van der Waals surface area contributed by atoms with Gasteiger partial charge in [0.15, 0.2) is 5.78 Å². The number of carbonyl (C=O) groups excluding carboxylic acids is 1. The summed E-state index contributed by atoms with van der Waals surface area (Å²) in [6.45, 7) is 2.98. The second-order valence-electron chi connectivity index (χ2n) is 2.88. The van der Waals surface area contributed by atoms with E-state index in [4.69, 9.17) is 0 Å². The maximum atomic E-state index is 10.9. The van der Waals surface area contributed by atoms with E-state index in [1.54, 1.807) is 6.08 Å². The molecule has 0 spiro atoms. The van der Waals surface area contributed by atoms with Crippen LogP contribution in [0.3, 0.4) is 0 Å². The maximum absolute atomic E-state index is 10.9. The average Bonchev–Trinajstić information content (AvgIpc) is 2.52. The first-order valence-corrected chi connectivity index (χ1v) is 4.27. The Morgan fingerprint density at radius 1 is 1.73 bits per heavy atom. The first-order chi connectivity index (χ1) is 5.33. The van der Waals surface area contributed by atoms with Crippen LogP contribution >= 0.6 is 0 Å². The van der Waals surface area contributed by atoms with Gasteiger partial charge in [-0.15, -0.1) is 0 Å². The van der Waals surface area contributed by atoms with Gasteiger partial charge in [0, 0.05) is 12.5 Å². The van der Waals surface area contributed by atoms with E-state index in [1.165, 1.54) is 12.8 Å². The molecule has 0 aromatic heterocycles. The van der Waals surface area contributed by atoms with Crippen molar-refractivity contribution in [3.63, 3.8) is 0 Å². The summed E-state index contributed by atoms with van der Waals surface area (Å²) in [7, 11) is 0. The van der Waals surface area contributed by atoms with Crippen molar-refractivity contribution in [1.82, 2.24) is 5.32 Å². The van der Waals surface area contributed by atoms with Crippen LogP contribution in [-0.2, 0) is 4.79 Å². The van der Waals surface area contributed by atoms with Gasteiger partial charge < -0.3 is 5.32 Å². The van der Waals surface area contributed by atoms with Crippen molar-refractivity contribution in [2.45, 2.75) is 32.2 Å². The molecule has 1 atom stereocenters. The lowest BCUT2D eigenvalue weighted by atomic mass is 10.2. The predicted octanol–water partition coefficient (Wildman–Crippen LogP) is 1.27. The zero-order valence-electron chi connectivity index (χ0n) is 6.97. The van der Waals surface area contributed by atoms with Crippen LogP contribution in [0.15, 0.2) is 12.2 Å². The van der Waals surface area contributed by atoms with Crippen LogP contribution in [0.5, 0.6) is 0 Å². The molecule has 0 bridgehead atoms. The Bertz CT molecular complexity index is 157. The Kier molecular flexibility index (Phi) is 3.30. The molecule has 2 nitrogen and oxygen atoms in total. The van der Waals surface area contributed by atoms with Crippen LogP contribution in [0, 0.1) is 0 Å². The second kappa shape index (κ2) is 4.29. The summed E-state index contributed by atoms with van der Waals surface area (Å²) in [5, 5.41) is 3.30. The topological polar surface area (TPSA) is 29.1 Å². The Morgan fingerprint density at radius 2 is 2.55 bits per heavy atom. The van der Waals surface area contributed by atoms with E-state index < -0.39 is 0 Å². The highest BCUT2D eigenvalue weighted by molar-refractivity contribution is 5.89. The SMILES string of the molecule is CCC(=O)/C=C/C1CCCN1. The van der Waals surface area contributed by atoms with Gasteiger partial charge in [-0.25, -0.2) is 0 Å². The van der Waals surface area contributed by atoms with E-state index in [9.17, 15) is 4.79 Å². The van der Waals surface area contributed by atoms with E-state index in [1.807, 2.05) is 13.0 Å². The summed E-state index contributed by atoms with van der Waals surface area (Å²) in [4.78, 5) is 10.9.